The van der Waals surface area contributed by atoms with Crippen LogP contribution in [-0.4, -0.2) is 4.57 Å². The van der Waals surface area contributed by atoms with E-state index in [1.165, 1.54) is 5.56 Å². The summed E-state index contributed by atoms with van der Waals surface area (Å²) in [7, 11) is 2.03. The zero-order valence-electron chi connectivity index (χ0n) is 9.31. The van der Waals surface area contributed by atoms with Gasteiger partial charge in [-0.2, -0.15) is 0 Å². The first-order valence-electron chi connectivity index (χ1n) is 5.00. The van der Waals surface area contributed by atoms with E-state index >= 15 is 0 Å². The molecule has 0 radical (unpaired) electrons. The van der Waals surface area contributed by atoms with Crippen LogP contribution in [0.2, 0.25) is 0 Å². The van der Waals surface area contributed by atoms with Gasteiger partial charge < -0.3 is 24.0 Å². The Morgan fingerprint density at radius 3 is 2.50 bits per heavy atom. The lowest BCUT2D eigenvalue weighted by atomic mass is 10.1. The monoisotopic (exact) mass is 326 g/mol. The van der Waals surface area contributed by atoms with Crippen molar-refractivity contribution in [2.75, 3.05) is 0 Å². The van der Waals surface area contributed by atoms with Crippen LogP contribution in [0.5, 0.6) is 0 Å². The van der Waals surface area contributed by atoms with Gasteiger partial charge in [0, 0.05) is 0 Å². The SMILES string of the molecule is C=Cc1ccc(C[n+]2ccn(C)c2)cc1.[I-]. The van der Waals surface area contributed by atoms with Crippen molar-refractivity contribution in [3.8, 4) is 0 Å². The summed E-state index contributed by atoms with van der Waals surface area (Å²) in [4.78, 5) is 0. The van der Waals surface area contributed by atoms with Gasteiger partial charge in [-0.3, -0.25) is 0 Å². The molecular weight excluding hydrogens is 311 g/mol. The lowest BCUT2D eigenvalue weighted by Gasteiger charge is -1.98. The average Bonchev–Trinajstić information content (AvgIpc) is 2.65. The molecule has 0 unspecified atom stereocenters. The average molecular weight is 326 g/mol. The zero-order chi connectivity index (χ0) is 10.7. The predicted molar refractivity (Wildman–Crippen MR) is 61.2 cm³/mol. The van der Waals surface area contributed by atoms with Crippen LogP contribution in [0.1, 0.15) is 11.1 Å². The fraction of sp³-hybridized carbons (Fsp3) is 0.154. The van der Waals surface area contributed by atoms with Gasteiger partial charge in [0.05, 0.1) is 7.05 Å². The Hall–Kier alpha value is -1.10. The minimum Gasteiger partial charge on any atom is -1.00 e. The predicted octanol–water partition coefficient (Wildman–Crippen LogP) is -0.992. The molecule has 1 heterocycles. The van der Waals surface area contributed by atoms with Crippen molar-refractivity contribution in [3.63, 3.8) is 0 Å². The molecule has 84 valence electrons. The molecule has 1 aromatic carbocycles. The summed E-state index contributed by atoms with van der Waals surface area (Å²) in [5.41, 5.74) is 2.47. The van der Waals surface area contributed by atoms with Crippen LogP contribution < -0.4 is 28.5 Å². The Kier molecular flexibility index (Phi) is 4.73. The molecule has 16 heavy (non-hydrogen) atoms. The van der Waals surface area contributed by atoms with E-state index in [2.05, 4.69) is 47.9 Å². The first-order chi connectivity index (χ1) is 7.28. The number of hydrogen-bond acceptors (Lipinski definition) is 0. The van der Waals surface area contributed by atoms with Crippen molar-refractivity contribution in [2.45, 2.75) is 6.54 Å². The second-order valence-corrected chi connectivity index (χ2v) is 3.70. The molecule has 0 fully saturated rings. The normalized spacial score (nSPS) is 9.56. The largest absolute Gasteiger partial charge is 1.00 e. The standard InChI is InChI=1S/C13H15N2.HI/c1-3-12-4-6-13(7-5-12)10-15-9-8-14(2)11-15;/h3-9,11H,1,10H2,2H3;1H/q+1;/p-1. The smallest absolute Gasteiger partial charge is 0.243 e. The molecule has 1 aromatic heterocycles. The van der Waals surface area contributed by atoms with Crippen molar-refractivity contribution < 1.29 is 28.5 Å². The third kappa shape index (κ3) is 3.20. The number of hydrogen-bond donors (Lipinski definition) is 0. The van der Waals surface area contributed by atoms with Crippen LogP contribution in [0.25, 0.3) is 6.08 Å². The van der Waals surface area contributed by atoms with Crippen LogP contribution in [0, 0.1) is 0 Å². The lowest BCUT2D eigenvalue weighted by Crippen LogP contribution is -3.00. The molecule has 0 saturated carbocycles. The minimum atomic E-state index is 0. The van der Waals surface area contributed by atoms with Crippen LogP contribution in [0.15, 0.2) is 49.6 Å². The van der Waals surface area contributed by atoms with E-state index in [4.69, 9.17) is 0 Å². The van der Waals surface area contributed by atoms with Gasteiger partial charge in [0.1, 0.15) is 18.9 Å². The highest BCUT2D eigenvalue weighted by molar-refractivity contribution is 5.46. The van der Waals surface area contributed by atoms with Crippen LogP contribution in [0.3, 0.4) is 0 Å². The highest BCUT2D eigenvalue weighted by atomic mass is 127. The number of nitrogens with zero attached hydrogens (tertiary/aromatic N) is 2. The zero-order valence-corrected chi connectivity index (χ0v) is 11.5. The van der Waals surface area contributed by atoms with Crippen LogP contribution in [0.4, 0.5) is 0 Å². The van der Waals surface area contributed by atoms with Crippen LogP contribution >= 0.6 is 0 Å². The van der Waals surface area contributed by atoms with E-state index in [0.717, 1.165) is 12.1 Å². The fourth-order valence-electron chi connectivity index (χ4n) is 1.57. The maximum absolute atomic E-state index is 3.74. The van der Waals surface area contributed by atoms with Gasteiger partial charge in [-0.05, 0) is 11.1 Å². The van der Waals surface area contributed by atoms with E-state index in [1.807, 2.05) is 23.9 Å². The summed E-state index contributed by atoms with van der Waals surface area (Å²) in [6.45, 7) is 4.65. The van der Waals surface area contributed by atoms with Gasteiger partial charge in [0.25, 0.3) is 0 Å². The Morgan fingerprint density at radius 1 is 1.31 bits per heavy atom. The molecule has 3 heteroatoms. The Bertz CT molecular complexity index is 457. The van der Waals surface area contributed by atoms with E-state index in [0.29, 0.717) is 0 Å². The third-order valence-corrected chi connectivity index (χ3v) is 2.40. The van der Waals surface area contributed by atoms with Crippen molar-refractivity contribution in [2.24, 2.45) is 7.05 Å². The molecule has 0 aliphatic heterocycles. The second kappa shape index (κ2) is 5.84. The summed E-state index contributed by atoms with van der Waals surface area (Å²) in [5, 5.41) is 0. The van der Waals surface area contributed by atoms with Crippen LogP contribution in [-0.2, 0) is 13.6 Å². The first kappa shape index (κ1) is 13.0. The maximum atomic E-state index is 3.74. The molecule has 0 saturated heterocycles. The van der Waals surface area contributed by atoms with Gasteiger partial charge in [-0.25, -0.2) is 9.13 Å². The molecule has 0 amide bonds. The quantitative estimate of drug-likeness (QED) is 0.506. The van der Waals surface area contributed by atoms with Gasteiger partial charge in [0.2, 0.25) is 6.33 Å². The van der Waals surface area contributed by atoms with Crippen molar-refractivity contribution in [1.29, 1.82) is 0 Å². The van der Waals surface area contributed by atoms with E-state index in [-0.39, 0.29) is 24.0 Å². The fourth-order valence-corrected chi connectivity index (χ4v) is 1.57. The summed E-state index contributed by atoms with van der Waals surface area (Å²) in [6, 6.07) is 8.45. The van der Waals surface area contributed by atoms with E-state index < -0.39 is 0 Å². The van der Waals surface area contributed by atoms with Gasteiger partial charge >= 0.3 is 0 Å². The van der Waals surface area contributed by atoms with Gasteiger partial charge in [0.15, 0.2) is 0 Å². The minimum absolute atomic E-state index is 0. The molecule has 2 aromatic rings. The molecular formula is C13H15IN2. The number of aryl methyl sites for hydroxylation is 1. The highest BCUT2D eigenvalue weighted by Crippen LogP contribution is 2.04. The Labute approximate surface area is 113 Å². The topological polar surface area (TPSA) is 8.81 Å². The molecule has 0 spiro atoms. The molecule has 0 aliphatic rings. The van der Waals surface area contributed by atoms with Gasteiger partial charge in [-0.15, -0.1) is 0 Å². The molecule has 2 nitrogen and oxygen atoms in total. The number of halogens is 1. The summed E-state index contributed by atoms with van der Waals surface area (Å²) < 4.78 is 4.20. The number of rotatable bonds is 3. The summed E-state index contributed by atoms with van der Waals surface area (Å²) >= 11 is 0. The number of imidazole rings is 1. The summed E-state index contributed by atoms with van der Waals surface area (Å²) in [6.07, 6.45) is 8.04. The van der Waals surface area contributed by atoms with Crippen molar-refractivity contribution in [3.05, 3.63) is 60.7 Å². The maximum Gasteiger partial charge on any atom is 0.243 e. The van der Waals surface area contributed by atoms with Crippen molar-refractivity contribution >= 4 is 6.08 Å². The van der Waals surface area contributed by atoms with E-state index in [1.54, 1.807) is 0 Å². The second-order valence-electron chi connectivity index (χ2n) is 3.70. The van der Waals surface area contributed by atoms with Crippen molar-refractivity contribution in [1.82, 2.24) is 4.57 Å². The number of benzene rings is 1. The van der Waals surface area contributed by atoms with Gasteiger partial charge in [-0.1, -0.05) is 36.9 Å². The molecule has 0 atom stereocenters. The summed E-state index contributed by atoms with van der Waals surface area (Å²) in [5.74, 6) is 0. The third-order valence-electron chi connectivity index (χ3n) is 2.40. The molecule has 0 aliphatic carbocycles. The molecule has 0 bridgehead atoms. The highest BCUT2D eigenvalue weighted by Gasteiger charge is 2.00. The molecule has 2 rings (SSSR count). The lowest BCUT2D eigenvalue weighted by molar-refractivity contribution is -0.687. The van der Waals surface area contributed by atoms with E-state index in [9.17, 15) is 0 Å². The Morgan fingerprint density at radius 2 is 2.00 bits per heavy atom. The first-order valence-corrected chi connectivity index (χ1v) is 5.00. The number of aromatic nitrogens is 2. The Balaban J connectivity index is 0.00000128. The molecule has 0 N–H and O–H groups in total.